The highest BCUT2D eigenvalue weighted by Gasteiger charge is 2.41. The lowest BCUT2D eigenvalue weighted by molar-refractivity contribution is -0.121. The third-order valence-corrected chi connectivity index (χ3v) is 7.82. The van der Waals surface area contributed by atoms with Crippen molar-refractivity contribution in [3.05, 3.63) is 89.2 Å². The van der Waals surface area contributed by atoms with Gasteiger partial charge in [-0.25, -0.2) is 4.39 Å². The molecule has 0 radical (unpaired) electrons. The molecule has 3 aromatic carbocycles. The molecule has 3 aromatic rings. The minimum atomic E-state index is -4.11. The van der Waals surface area contributed by atoms with Gasteiger partial charge in [0.05, 0.1) is 10.6 Å². The molecule has 0 bridgehead atoms. The first-order chi connectivity index (χ1) is 16.2. The van der Waals surface area contributed by atoms with Gasteiger partial charge >= 0.3 is 0 Å². The summed E-state index contributed by atoms with van der Waals surface area (Å²) in [7, 11) is -4.11. The molecule has 1 aliphatic heterocycles. The van der Waals surface area contributed by atoms with Crippen LogP contribution in [0.1, 0.15) is 6.42 Å². The van der Waals surface area contributed by atoms with Crippen LogP contribution in [0.25, 0.3) is 0 Å². The van der Waals surface area contributed by atoms with E-state index in [1.165, 1.54) is 41.3 Å². The summed E-state index contributed by atoms with van der Waals surface area (Å²) in [5.74, 6) is -1.37. The number of nitrogens with zero attached hydrogens (tertiary/aromatic N) is 2. The molecule has 34 heavy (non-hydrogen) atoms. The fourth-order valence-electron chi connectivity index (χ4n) is 3.15. The largest absolute Gasteiger partial charge is 0.326 e. The molecule has 0 aromatic heterocycles. The van der Waals surface area contributed by atoms with Gasteiger partial charge in [-0.05, 0) is 60.7 Å². The second kappa shape index (κ2) is 10.1. The van der Waals surface area contributed by atoms with E-state index in [2.05, 4.69) is 25.6 Å². The lowest BCUT2D eigenvalue weighted by Crippen LogP contribution is -2.33. The van der Waals surface area contributed by atoms with Gasteiger partial charge < -0.3 is 5.32 Å². The minimum Gasteiger partial charge on any atom is -0.326 e. The number of anilines is 2. The van der Waals surface area contributed by atoms with Gasteiger partial charge in [0, 0.05) is 16.6 Å². The van der Waals surface area contributed by atoms with Gasteiger partial charge in [0.1, 0.15) is 11.1 Å². The number of thioether (sulfide) groups is 1. The summed E-state index contributed by atoms with van der Waals surface area (Å²) >= 11 is 4.17. The number of para-hydroxylation sites is 1. The molecule has 0 saturated carbocycles. The summed E-state index contributed by atoms with van der Waals surface area (Å²) in [5.41, 5.74) is 0.819. The molecule has 2 amide bonds. The van der Waals surface area contributed by atoms with Gasteiger partial charge in [0.2, 0.25) is 11.8 Å². The highest BCUT2D eigenvalue weighted by atomic mass is 79.9. The second-order valence-electron chi connectivity index (χ2n) is 7.18. The molecule has 1 heterocycles. The van der Waals surface area contributed by atoms with E-state index in [-0.39, 0.29) is 16.5 Å². The highest BCUT2D eigenvalue weighted by molar-refractivity contribution is 9.10. The number of benzene rings is 3. The van der Waals surface area contributed by atoms with E-state index in [4.69, 9.17) is 0 Å². The Labute approximate surface area is 208 Å². The highest BCUT2D eigenvalue weighted by Crippen LogP contribution is 2.35. The number of rotatable bonds is 6. The van der Waals surface area contributed by atoms with Gasteiger partial charge in [-0.1, -0.05) is 45.9 Å². The van der Waals surface area contributed by atoms with E-state index < -0.39 is 32.9 Å². The molecular weight excluding hydrogens is 545 g/mol. The second-order valence-corrected chi connectivity index (χ2v) is 10.9. The molecule has 1 N–H and O–H groups in total. The van der Waals surface area contributed by atoms with Crippen molar-refractivity contribution in [1.82, 2.24) is 0 Å². The van der Waals surface area contributed by atoms with Crippen molar-refractivity contribution in [2.24, 2.45) is 4.40 Å². The number of carbonyl (C=O) groups excluding carboxylic acids is 2. The van der Waals surface area contributed by atoms with Crippen molar-refractivity contribution in [3.8, 4) is 0 Å². The molecule has 0 spiro atoms. The maximum absolute atomic E-state index is 13.2. The number of amides is 2. The quantitative estimate of drug-likeness (QED) is 0.466. The first kappa shape index (κ1) is 24.1. The predicted molar refractivity (Wildman–Crippen MR) is 134 cm³/mol. The number of hydrogen-bond acceptors (Lipinski definition) is 5. The average molecular weight is 562 g/mol. The van der Waals surface area contributed by atoms with E-state index in [1.54, 1.807) is 42.5 Å². The summed E-state index contributed by atoms with van der Waals surface area (Å²) in [4.78, 5) is 26.9. The smallest absolute Gasteiger partial charge is 0.284 e. The van der Waals surface area contributed by atoms with Crippen LogP contribution < -0.4 is 10.2 Å². The number of amidine groups is 1. The molecule has 1 atom stereocenters. The Kier molecular flexibility index (Phi) is 7.15. The van der Waals surface area contributed by atoms with Gasteiger partial charge in [-0.3, -0.25) is 14.5 Å². The van der Waals surface area contributed by atoms with Crippen LogP contribution >= 0.6 is 27.7 Å². The normalized spacial score (nSPS) is 17.2. The number of hydrogen-bond donors (Lipinski definition) is 1. The Hall–Kier alpha value is -3.02. The van der Waals surface area contributed by atoms with Crippen molar-refractivity contribution in [2.45, 2.75) is 16.6 Å². The van der Waals surface area contributed by atoms with Crippen LogP contribution in [0.5, 0.6) is 0 Å². The first-order valence-electron chi connectivity index (χ1n) is 9.94. The van der Waals surface area contributed by atoms with Crippen LogP contribution in [-0.4, -0.2) is 30.6 Å². The third-order valence-electron chi connectivity index (χ3n) is 4.76. The maximum atomic E-state index is 13.2. The van der Waals surface area contributed by atoms with Crippen molar-refractivity contribution in [1.29, 1.82) is 0 Å². The Balaban J connectivity index is 1.61. The van der Waals surface area contributed by atoms with Crippen LogP contribution in [-0.2, 0) is 19.6 Å². The van der Waals surface area contributed by atoms with Gasteiger partial charge in [0.15, 0.2) is 5.17 Å². The van der Waals surface area contributed by atoms with Crippen molar-refractivity contribution < 1.29 is 22.4 Å². The fourth-order valence-corrected chi connectivity index (χ4v) is 5.75. The Morgan fingerprint density at radius 1 is 1.03 bits per heavy atom. The zero-order valence-electron chi connectivity index (χ0n) is 17.4. The molecule has 1 fully saturated rings. The summed E-state index contributed by atoms with van der Waals surface area (Å²) in [6.45, 7) is 0. The summed E-state index contributed by atoms with van der Waals surface area (Å²) in [5, 5.41) is 1.68. The number of halogens is 2. The monoisotopic (exact) mass is 561 g/mol. The molecule has 4 rings (SSSR count). The van der Waals surface area contributed by atoms with Gasteiger partial charge in [-0.2, -0.15) is 8.42 Å². The van der Waals surface area contributed by atoms with Crippen LogP contribution in [0, 0.1) is 5.82 Å². The molecule has 174 valence electrons. The standard InChI is InChI=1S/C23H17BrFN3O4S2/c24-15-6-12-19(13-7-15)34(31,32)27-23-28(18-4-2-1-3-5-18)22(30)20(33-23)14-21(29)26-17-10-8-16(25)9-11-17/h1-13,20H,14H2,(H,26,29)/t20-/m0/s1. The van der Waals surface area contributed by atoms with Crippen LogP contribution in [0.3, 0.4) is 0 Å². The Morgan fingerprint density at radius 3 is 2.32 bits per heavy atom. The third kappa shape index (κ3) is 5.54. The number of sulfonamides is 1. The lowest BCUT2D eigenvalue weighted by atomic mass is 10.2. The minimum absolute atomic E-state index is 0.0261. The van der Waals surface area contributed by atoms with Crippen LogP contribution in [0.4, 0.5) is 15.8 Å². The summed E-state index contributed by atoms with van der Waals surface area (Å²) in [6.07, 6.45) is -0.221. The van der Waals surface area contributed by atoms with Gasteiger partial charge in [0.25, 0.3) is 10.0 Å². The summed E-state index contributed by atoms with van der Waals surface area (Å²) in [6, 6.07) is 19.7. The first-order valence-corrected chi connectivity index (χ1v) is 13.1. The average Bonchev–Trinajstić information content (AvgIpc) is 3.10. The van der Waals surface area contributed by atoms with Crippen molar-refractivity contribution >= 4 is 66.1 Å². The van der Waals surface area contributed by atoms with Crippen LogP contribution in [0.2, 0.25) is 0 Å². The van der Waals surface area contributed by atoms with E-state index in [9.17, 15) is 22.4 Å². The molecular formula is C23H17BrFN3O4S2. The molecule has 1 saturated heterocycles. The molecule has 0 aliphatic carbocycles. The topological polar surface area (TPSA) is 95.9 Å². The number of nitrogens with one attached hydrogen (secondary N) is 1. The van der Waals surface area contributed by atoms with E-state index in [0.717, 1.165) is 11.8 Å². The van der Waals surface area contributed by atoms with E-state index in [1.807, 2.05) is 0 Å². The molecule has 7 nitrogen and oxygen atoms in total. The molecule has 0 unspecified atom stereocenters. The van der Waals surface area contributed by atoms with Gasteiger partial charge in [-0.15, -0.1) is 4.40 Å². The Bertz CT molecular complexity index is 1350. The fraction of sp³-hybridized carbons (Fsp3) is 0.0870. The SMILES string of the molecule is O=C(C[C@@H]1SC(=NS(=O)(=O)c2ccc(Br)cc2)N(c2ccccc2)C1=O)Nc1ccc(F)cc1. The molecule has 11 heteroatoms. The summed E-state index contributed by atoms with van der Waals surface area (Å²) < 4.78 is 43.6. The zero-order valence-corrected chi connectivity index (χ0v) is 20.6. The number of carbonyl (C=O) groups is 2. The van der Waals surface area contributed by atoms with Crippen molar-refractivity contribution in [2.75, 3.05) is 10.2 Å². The van der Waals surface area contributed by atoms with E-state index in [0.29, 0.717) is 15.8 Å². The maximum Gasteiger partial charge on any atom is 0.284 e. The predicted octanol–water partition coefficient (Wildman–Crippen LogP) is 4.81. The van der Waals surface area contributed by atoms with E-state index >= 15 is 0 Å². The Morgan fingerprint density at radius 2 is 1.68 bits per heavy atom. The van der Waals surface area contributed by atoms with Crippen molar-refractivity contribution in [3.63, 3.8) is 0 Å². The van der Waals surface area contributed by atoms with Crippen LogP contribution in [0.15, 0.2) is 92.6 Å². The molecule has 1 aliphatic rings. The zero-order chi connectivity index (χ0) is 24.3. The lowest BCUT2D eigenvalue weighted by Gasteiger charge is -2.16.